The summed E-state index contributed by atoms with van der Waals surface area (Å²) in [6.45, 7) is 0.207. The third-order valence-corrected chi connectivity index (χ3v) is 2.46. The van der Waals surface area contributed by atoms with Crippen LogP contribution in [0.2, 0.25) is 0 Å². The monoisotopic (exact) mass is 281 g/mol. The summed E-state index contributed by atoms with van der Waals surface area (Å²) in [5.41, 5.74) is 0.256. The van der Waals surface area contributed by atoms with Crippen molar-refractivity contribution >= 4 is 23.7 Å². The molecule has 0 radical (unpaired) electrons. The molecule has 0 saturated heterocycles. The van der Waals surface area contributed by atoms with E-state index in [1.54, 1.807) is 0 Å². The van der Waals surface area contributed by atoms with Gasteiger partial charge in [-0.15, -0.1) is 0 Å². The molecule has 1 rings (SSSR count). The van der Waals surface area contributed by atoms with E-state index in [9.17, 15) is 14.4 Å². The van der Waals surface area contributed by atoms with Gasteiger partial charge in [0.1, 0.15) is 5.69 Å². The van der Waals surface area contributed by atoms with Gasteiger partial charge >= 0.3 is 18.0 Å². The smallest absolute Gasteiger partial charge is 0.354 e. The molecule has 8 nitrogen and oxygen atoms in total. The first-order valence-corrected chi connectivity index (χ1v) is 5.72. The Balaban J connectivity index is 2.52. The second-order valence-corrected chi connectivity index (χ2v) is 3.92. The summed E-state index contributed by atoms with van der Waals surface area (Å²) in [5, 5.41) is 11.2. The van der Waals surface area contributed by atoms with Gasteiger partial charge in [0.15, 0.2) is 0 Å². The van der Waals surface area contributed by atoms with Gasteiger partial charge in [-0.25, -0.2) is 14.6 Å². The predicted octanol–water partition coefficient (Wildman–Crippen LogP) is 0.807. The molecular weight excluding hydrogens is 266 g/mol. The number of rotatable bonds is 5. The van der Waals surface area contributed by atoms with Crippen molar-refractivity contribution in [3.63, 3.8) is 0 Å². The SMILES string of the molecule is COC(=O)CCN(C)C(=O)Nc1ccc(C(=O)O)nc1. The van der Waals surface area contributed by atoms with Crippen molar-refractivity contribution in [2.24, 2.45) is 0 Å². The van der Waals surface area contributed by atoms with Crippen molar-refractivity contribution in [3.05, 3.63) is 24.0 Å². The van der Waals surface area contributed by atoms with E-state index in [1.165, 1.54) is 37.4 Å². The number of anilines is 1. The maximum atomic E-state index is 11.8. The van der Waals surface area contributed by atoms with Crippen molar-refractivity contribution in [2.75, 3.05) is 26.0 Å². The fourth-order valence-corrected chi connectivity index (χ4v) is 1.28. The fraction of sp³-hybridized carbons (Fsp3) is 0.333. The molecule has 1 aromatic rings. The summed E-state index contributed by atoms with van der Waals surface area (Å²) in [5.74, 6) is -1.55. The van der Waals surface area contributed by atoms with Crippen LogP contribution in [0.15, 0.2) is 18.3 Å². The van der Waals surface area contributed by atoms with Gasteiger partial charge in [-0.1, -0.05) is 0 Å². The molecule has 2 N–H and O–H groups in total. The molecule has 1 heterocycles. The topological polar surface area (TPSA) is 109 Å². The molecule has 0 aliphatic rings. The summed E-state index contributed by atoms with van der Waals surface area (Å²) in [4.78, 5) is 38.3. The summed E-state index contributed by atoms with van der Waals surface area (Å²) >= 11 is 0. The molecule has 0 spiro atoms. The van der Waals surface area contributed by atoms with E-state index in [4.69, 9.17) is 5.11 Å². The minimum Gasteiger partial charge on any atom is -0.477 e. The zero-order valence-corrected chi connectivity index (χ0v) is 11.1. The molecule has 0 fully saturated rings. The van der Waals surface area contributed by atoms with Crippen LogP contribution < -0.4 is 5.32 Å². The predicted molar refractivity (Wildman–Crippen MR) is 69.5 cm³/mol. The number of urea groups is 1. The van der Waals surface area contributed by atoms with Gasteiger partial charge < -0.3 is 20.1 Å². The summed E-state index contributed by atoms with van der Waals surface area (Å²) in [6, 6.07) is 2.29. The number of carbonyl (C=O) groups excluding carboxylic acids is 2. The quantitative estimate of drug-likeness (QED) is 0.773. The minimum atomic E-state index is -1.14. The van der Waals surface area contributed by atoms with Crippen molar-refractivity contribution in [1.82, 2.24) is 9.88 Å². The van der Waals surface area contributed by atoms with E-state index in [0.29, 0.717) is 5.69 Å². The van der Waals surface area contributed by atoms with Crippen molar-refractivity contribution in [2.45, 2.75) is 6.42 Å². The zero-order chi connectivity index (χ0) is 15.1. The standard InChI is InChI=1S/C12H15N3O5/c1-15(6-5-10(16)20-2)12(19)14-8-3-4-9(11(17)18)13-7-8/h3-4,7H,5-6H2,1-2H3,(H,14,19)(H,17,18). The highest BCUT2D eigenvalue weighted by atomic mass is 16.5. The molecule has 1 aromatic heterocycles. The van der Waals surface area contributed by atoms with Gasteiger partial charge in [0, 0.05) is 13.6 Å². The number of aromatic nitrogens is 1. The van der Waals surface area contributed by atoms with Gasteiger partial charge in [0.25, 0.3) is 0 Å². The number of carboxylic acids is 1. The normalized spacial score (nSPS) is 9.70. The van der Waals surface area contributed by atoms with Gasteiger partial charge in [0.05, 0.1) is 25.4 Å². The molecule has 0 unspecified atom stereocenters. The van der Waals surface area contributed by atoms with Crippen molar-refractivity contribution in [3.8, 4) is 0 Å². The Bertz CT molecular complexity index is 500. The van der Waals surface area contributed by atoms with E-state index < -0.39 is 18.0 Å². The Hall–Kier alpha value is -2.64. The minimum absolute atomic E-state index is 0.0939. The lowest BCUT2D eigenvalue weighted by molar-refractivity contribution is -0.140. The largest absolute Gasteiger partial charge is 0.477 e. The molecule has 0 aliphatic heterocycles. The average molecular weight is 281 g/mol. The maximum absolute atomic E-state index is 11.8. The number of amides is 2. The van der Waals surface area contributed by atoms with Crippen LogP contribution in [0.5, 0.6) is 0 Å². The number of methoxy groups -OCH3 is 1. The molecule has 0 saturated carbocycles. The Kier molecular flexibility index (Phi) is 5.45. The lowest BCUT2D eigenvalue weighted by Gasteiger charge is -2.17. The molecule has 0 aromatic carbocycles. The highest BCUT2D eigenvalue weighted by Crippen LogP contribution is 2.07. The Labute approximate surface area is 115 Å². The van der Waals surface area contributed by atoms with E-state index in [-0.39, 0.29) is 18.7 Å². The molecule has 20 heavy (non-hydrogen) atoms. The summed E-state index contributed by atoms with van der Waals surface area (Å²) in [7, 11) is 2.80. The second kappa shape index (κ2) is 7.07. The first kappa shape index (κ1) is 15.4. The number of carbonyl (C=O) groups is 3. The number of carboxylic acid groups (broad SMARTS) is 1. The van der Waals surface area contributed by atoms with Gasteiger partial charge in [-0.05, 0) is 12.1 Å². The number of hydrogen-bond acceptors (Lipinski definition) is 5. The molecule has 0 bridgehead atoms. The third kappa shape index (κ3) is 4.56. The van der Waals surface area contributed by atoms with Crippen LogP contribution in [0.3, 0.4) is 0 Å². The Morgan fingerprint density at radius 3 is 2.60 bits per heavy atom. The molecular formula is C12H15N3O5. The number of hydrogen-bond donors (Lipinski definition) is 2. The number of aromatic carboxylic acids is 1. The maximum Gasteiger partial charge on any atom is 0.354 e. The lowest BCUT2D eigenvalue weighted by Crippen LogP contribution is -2.33. The highest BCUT2D eigenvalue weighted by Gasteiger charge is 2.11. The lowest BCUT2D eigenvalue weighted by atomic mass is 10.3. The number of pyridine rings is 1. The van der Waals surface area contributed by atoms with Gasteiger partial charge in [-0.3, -0.25) is 4.79 Å². The van der Waals surface area contributed by atoms with Crippen LogP contribution in [0.1, 0.15) is 16.9 Å². The van der Waals surface area contributed by atoms with Crippen LogP contribution in [0.25, 0.3) is 0 Å². The van der Waals surface area contributed by atoms with Crippen LogP contribution in [0, 0.1) is 0 Å². The number of nitrogens with zero attached hydrogens (tertiary/aromatic N) is 2. The first-order valence-electron chi connectivity index (χ1n) is 5.72. The first-order chi connectivity index (χ1) is 9.43. The van der Waals surface area contributed by atoms with Gasteiger partial charge in [0.2, 0.25) is 0 Å². The van der Waals surface area contributed by atoms with E-state index in [1.807, 2.05) is 0 Å². The molecule has 0 aliphatic carbocycles. The number of ether oxygens (including phenoxy) is 1. The molecule has 8 heteroatoms. The average Bonchev–Trinajstić information content (AvgIpc) is 2.44. The Morgan fingerprint density at radius 2 is 2.10 bits per heavy atom. The number of esters is 1. The molecule has 0 atom stereocenters. The van der Waals surface area contributed by atoms with Crippen LogP contribution in [0.4, 0.5) is 10.5 Å². The van der Waals surface area contributed by atoms with E-state index in [0.717, 1.165) is 0 Å². The third-order valence-electron chi connectivity index (χ3n) is 2.46. The summed E-state index contributed by atoms with van der Waals surface area (Å²) < 4.78 is 4.47. The second-order valence-electron chi connectivity index (χ2n) is 3.92. The van der Waals surface area contributed by atoms with Crippen LogP contribution in [-0.2, 0) is 9.53 Å². The van der Waals surface area contributed by atoms with Gasteiger partial charge in [-0.2, -0.15) is 0 Å². The zero-order valence-electron chi connectivity index (χ0n) is 11.1. The number of nitrogens with one attached hydrogen (secondary N) is 1. The molecule has 108 valence electrons. The molecule has 2 amide bonds. The van der Waals surface area contributed by atoms with Crippen LogP contribution >= 0.6 is 0 Å². The summed E-state index contributed by atoms with van der Waals surface area (Å²) in [6.07, 6.45) is 1.34. The highest BCUT2D eigenvalue weighted by molar-refractivity contribution is 5.90. The fourth-order valence-electron chi connectivity index (χ4n) is 1.28. The van der Waals surface area contributed by atoms with E-state index >= 15 is 0 Å². The van der Waals surface area contributed by atoms with Crippen LogP contribution in [-0.4, -0.2) is 53.7 Å². The van der Waals surface area contributed by atoms with E-state index in [2.05, 4.69) is 15.0 Å². The van der Waals surface area contributed by atoms with Crippen molar-refractivity contribution < 1.29 is 24.2 Å². The van der Waals surface area contributed by atoms with Crippen molar-refractivity contribution in [1.29, 1.82) is 0 Å². The Morgan fingerprint density at radius 1 is 1.40 bits per heavy atom.